The molecule has 0 spiro atoms. The normalized spacial score (nSPS) is 12.1. The summed E-state index contributed by atoms with van der Waals surface area (Å²) in [5.41, 5.74) is 2.12. The first-order valence-corrected chi connectivity index (χ1v) is 10.6. The molecule has 0 fully saturated rings. The van der Waals surface area contributed by atoms with Gasteiger partial charge in [0, 0.05) is 5.69 Å². The number of anilines is 2. The monoisotopic (exact) mass is 404 g/mol. The molecule has 0 saturated heterocycles. The minimum Gasteiger partial charge on any atom is -0.465 e. The molecule has 7 nitrogen and oxygen atoms in total. The summed E-state index contributed by atoms with van der Waals surface area (Å²) in [7, 11) is -2.43. The van der Waals surface area contributed by atoms with Crippen LogP contribution in [0.25, 0.3) is 0 Å². The summed E-state index contributed by atoms with van der Waals surface area (Å²) in [6, 6.07) is 12.3. The second kappa shape index (κ2) is 8.88. The molecule has 28 heavy (non-hydrogen) atoms. The second-order valence-corrected chi connectivity index (χ2v) is 8.18. The Bertz CT molecular complexity index is 955. The van der Waals surface area contributed by atoms with Crippen LogP contribution in [0.3, 0.4) is 0 Å². The van der Waals surface area contributed by atoms with Gasteiger partial charge in [0.25, 0.3) is 0 Å². The number of carbonyl (C=O) groups is 2. The molecule has 2 aromatic carbocycles. The molecule has 0 aromatic heterocycles. The number of sulfonamides is 1. The summed E-state index contributed by atoms with van der Waals surface area (Å²) in [4.78, 5) is 24.4. The van der Waals surface area contributed by atoms with Crippen molar-refractivity contribution in [1.82, 2.24) is 0 Å². The minimum absolute atomic E-state index is 0.281. The Morgan fingerprint density at radius 1 is 1.14 bits per heavy atom. The molecular formula is C20H24N2O5S. The molecule has 0 bridgehead atoms. The van der Waals surface area contributed by atoms with E-state index >= 15 is 0 Å². The first kappa shape index (κ1) is 21.4. The zero-order valence-electron chi connectivity index (χ0n) is 16.3. The van der Waals surface area contributed by atoms with Crippen molar-refractivity contribution in [3.05, 3.63) is 59.7 Å². The Morgan fingerprint density at radius 2 is 1.79 bits per heavy atom. The summed E-state index contributed by atoms with van der Waals surface area (Å²) in [5.74, 6) is -1.05. The van der Waals surface area contributed by atoms with Gasteiger partial charge in [-0.3, -0.25) is 9.10 Å². The van der Waals surface area contributed by atoms with Crippen LogP contribution in [0.15, 0.2) is 48.5 Å². The van der Waals surface area contributed by atoms with Gasteiger partial charge in [-0.25, -0.2) is 13.2 Å². The predicted octanol–water partition coefficient (Wildman–Crippen LogP) is 2.83. The van der Waals surface area contributed by atoms with Crippen LogP contribution in [0.1, 0.15) is 29.8 Å². The minimum atomic E-state index is -3.70. The lowest BCUT2D eigenvalue weighted by molar-refractivity contribution is -0.116. The van der Waals surface area contributed by atoms with E-state index in [0.29, 0.717) is 11.4 Å². The maximum Gasteiger partial charge on any atom is 0.337 e. The van der Waals surface area contributed by atoms with Gasteiger partial charge in [0.2, 0.25) is 15.9 Å². The number of ether oxygens (including phenoxy) is 1. The topological polar surface area (TPSA) is 92.8 Å². The maximum absolute atomic E-state index is 12.7. The van der Waals surface area contributed by atoms with E-state index in [1.54, 1.807) is 30.3 Å². The van der Waals surface area contributed by atoms with Gasteiger partial charge in [0.1, 0.15) is 6.04 Å². The molecule has 0 heterocycles. The molecular weight excluding hydrogens is 380 g/mol. The van der Waals surface area contributed by atoms with Crippen LogP contribution in [0.4, 0.5) is 11.4 Å². The quantitative estimate of drug-likeness (QED) is 0.717. The van der Waals surface area contributed by atoms with E-state index in [0.717, 1.165) is 22.5 Å². The number of benzene rings is 2. The molecule has 1 N–H and O–H groups in total. The Labute approximate surface area is 165 Å². The highest BCUT2D eigenvalue weighted by Gasteiger charge is 2.29. The van der Waals surface area contributed by atoms with E-state index in [1.165, 1.54) is 20.1 Å². The van der Waals surface area contributed by atoms with Gasteiger partial charge >= 0.3 is 5.97 Å². The molecule has 2 aromatic rings. The lowest BCUT2D eigenvalue weighted by Crippen LogP contribution is -2.45. The van der Waals surface area contributed by atoms with Gasteiger partial charge in [-0.2, -0.15) is 0 Å². The molecule has 1 amide bonds. The van der Waals surface area contributed by atoms with Crippen LogP contribution in [-0.2, 0) is 26.0 Å². The van der Waals surface area contributed by atoms with Gasteiger partial charge in [0.05, 0.1) is 24.6 Å². The van der Waals surface area contributed by atoms with Gasteiger partial charge in [-0.15, -0.1) is 0 Å². The van der Waals surface area contributed by atoms with Crippen molar-refractivity contribution in [2.45, 2.75) is 26.3 Å². The maximum atomic E-state index is 12.7. The van der Waals surface area contributed by atoms with E-state index < -0.39 is 27.9 Å². The van der Waals surface area contributed by atoms with Crippen molar-refractivity contribution in [3.8, 4) is 0 Å². The molecule has 1 atom stereocenters. The molecule has 2 rings (SSSR count). The zero-order valence-corrected chi connectivity index (χ0v) is 17.1. The number of carbonyl (C=O) groups excluding carboxylic acids is 2. The number of hydrogen-bond donors (Lipinski definition) is 1. The van der Waals surface area contributed by atoms with Gasteiger partial charge in [-0.1, -0.05) is 25.1 Å². The third kappa shape index (κ3) is 5.10. The van der Waals surface area contributed by atoms with Crippen molar-refractivity contribution in [3.63, 3.8) is 0 Å². The molecule has 0 aliphatic heterocycles. The lowest BCUT2D eigenvalue weighted by atomic mass is 10.1. The first-order chi connectivity index (χ1) is 13.2. The largest absolute Gasteiger partial charge is 0.465 e. The Balaban J connectivity index is 2.28. The number of aryl methyl sites for hydroxylation is 1. The van der Waals surface area contributed by atoms with Gasteiger partial charge in [0.15, 0.2) is 0 Å². The SMILES string of the molecule is CCc1ccc(N(C(C)C(=O)Nc2cccc(C(=O)OC)c2)S(C)(=O)=O)cc1. The predicted molar refractivity (Wildman–Crippen MR) is 109 cm³/mol. The first-order valence-electron chi connectivity index (χ1n) is 8.75. The zero-order chi connectivity index (χ0) is 20.9. The molecule has 1 unspecified atom stereocenters. The van der Waals surface area contributed by atoms with E-state index in [9.17, 15) is 18.0 Å². The van der Waals surface area contributed by atoms with Crippen LogP contribution in [0, 0.1) is 0 Å². The van der Waals surface area contributed by atoms with Crippen LogP contribution >= 0.6 is 0 Å². The van der Waals surface area contributed by atoms with Crippen molar-refractivity contribution in [1.29, 1.82) is 0 Å². The summed E-state index contributed by atoms with van der Waals surface area (Å²) >= 11 is 0. The fourth-order valence-corrected chi connectivity index (χ4v) is 3.95. The lowest BCUT2D eigenvalue weighted by Gasteiger charge is -2.28. The summed E-state index contributed by atoms with van der Waals surface area (Å²) in [6.45, 7) is 3.51. The summed E-state index contributed by atoms with van der Waals surface area (Å²) in [6.07, 6.45) is 1.88. The van der Waals surface area contributed by atoms with Gasteiger partial charge < -0.3 is 10.1 Å². The average Bonchev–Trinajstić information content (AvgIpc) is 2.67. The van der Waals surface area contributed by atoms with E-state index in [4.69, 9.17) is 0 Å². The van der Waals surface area contributed by atoms with Gasteiger partial charge in [-0.05, 0) is 49.2 Å². The van der Waals surface area contributed by atoms with E-state index in [2.05, 4.69) is 10.1 Å². The standard InChI is InChI=1S/C20H24N2O5S/c1-5-15-9-11-18(12-10-15)22(28(4,25)26)14(2)19(23)21-17-8-6-7-16(13-17)20(24)27-3/h6-14H,5H2,1-4H3,(H,21,23). The molecule has 0 saturated carbocycles. The Morgan fingerprint density at radius 3 is 2.32 bits per heavy atom. The highest BCUT2D eigenvalue weighted by Crippen LogP contribution is 2.22. The number of hydrogen-bond acceptors (Lipinski definition) is 5. The van der Waals surface area contributed by atoms with Crippen molar-refractivity contribution < 1.29 is 22.7 Å². The summed E-state index contributed by atoms with van der Waals surface area (Å²) < 4.78 is 30.4. The molecule has 0 aliphatic carbocycles. The van der Waals surface area contributed by atoms with Crippen molar-refractivity contribution in [2.24, 2.45) is 0 Å². The third-order valence-electron chi connectivity index (χ3n) is 4.24. The van der Waals surface area contributed by atoms with Crippen LogP contribution in [0.2, 0.25) is 0 Å². The number of methoxy groups -OCH3 is 1. The number of esters is 1. The second-order valence-electron chi connectivity index (χ2n) is 6.32. The molecule has 150 valence electrons. The van der Waals surface area contributed by atoms with Crippen LogP contribution in [-0.4, -0.2) is 39.7 Å². The summed E-state index contributed by atoms with van der Waals surface area (Å²) in [5, 5.41) is 2.65. The fraction of sp³-hybridized carbons (Fsp3) is 0.300. The Hall–Kier alpha value is -2.87. The molecule has 0 radical (unpaired) electrons. The highest BCUT2D eigenvalue weighted by atomic mass is 32.2. The number of nitrogens with one attached hydrogen (secondary N) is 1. The number of rotatable bonds is 7. The smallest absolute Gasteiger partial charge is 0.337 e. The number of amides is 1. The Kier molecular flexibility index (Phi) is 6.80. The number of nitrogens with zero attached hydrogens (tertiary/aromatic N) is 1. The highest BCUT2D eigenvalue weighted by molar-refractivity contribution is 7.92. The molecule has 8 heteroatoms. The average molecular weight is 404 g/mol. The van der Waals surface area contributed by atoms with Crippen LogP contribution < -0.4 is 9.62 Å². The van der Waals surface area contributed by atoms with E-state index in [-0.39, 0.29) is 5.56 Å². The third-order valence-corrected chi connectivity index (χ3v) is 5.48. The van der Waals surface area contributed by atoms with Crippen molar-refractivity contribution in [2.75, 3.05) is 23.0 Å². The fourth-order valence-electron chi connectivity index (χ4n) is 2.78. The molecule has 0 aliphatic rings. The van der Waals surface area contributed by atoms with E-state index in [1.807, 2.05) is 19.1 Å². The van der Waals surface area contributed by atoms with Crippen LogP contribution in [0.5, 0.6) is 0 Å². The van der Waals surface area contributed by atoms with Crippen molar-refractivity contribution >= 4 is 33.3 Å².